The van der Waals surface area contributed by atoms with Gasteiger partial charge < -0.3 is 14.4 Å². The molecule has 2 atom stereocenters. The van der Waals surface area contributed by atoms with E-state index in [1.807, 2.05) is 42.2 Å². The molecule has 0 amide bonds. The maximum absolute atomic E-state index is 14.1. The minimum atomic E-state index is -2.68. The van der Waals surface area contributed by atoms with E-state index in [1.54, 1.807) is 19.2 Å². The molecule has 1 heterocycles. The number of carbonyl (C=O) groups excluding carboxylic acids is 1. The number of benzene rings is 2. The first-order valence-electron chi connectivity index (χ1n) is 12.0. The molecule has 11 heteroatoms. The lowest BCUT2D eigenvalue weighted by molar-refractivity contribution is -0.140. The third-order valence-corrected chi connectivity index (χ3v) is 8.11. The lowest BCUT2D eigenvalue weighted by Crippen LogP contribution is -2.43. The number of fused-ring (bicyclic) bond motifs is 1. The predicted molar refractivity (Wildman–Crippen MR) is 141 cm³/mol. The van der Waals surface area contributed by atoms with Crippen molar-refractivity contribution in [3.05, 3.63) is 54.6 Å². The molecule has 0 fully saturated rings. The Labute approximate surface area is 222 Å². The number of para-hydroxylation sites is 1. The van der Waals surface area contributed by atoms with Crippen molar-refractivity contribution in [3.8, 4) is 5.75 Å². The van der Waals surface area contributed by atoms with Gasteiger partial charge in [-0.15, -0.1) is 11.8 Å². The van der Waals surface area contributed by atoms with Crippen LogP contribution in [0, 0.1) is 0 Å². The molecule has 0 radical (unpaired) electrons. The molecule has 37 heavy (non-hydrogen) atoms. The summed E-state index contributed by atoms with van der Waals surface area (Å²) in [4.78, 5) is 14.5. The Hall–Kier alpha value is -2.50. The van der Waals surface area contributed by atoms with Gasteiger partial charge in [-0.25, -0.2) is 22.1 Å². The number of alkyl halides is 2. The van der Waals surface area contributed by atoms with Crippen LogP contribution in [-0.2, 0) is 20.5 Å². The minimum absolute atomic E-state index is 0.00245. The second-order valence-corrected chi connectivity index (χ2v) is 10.5. The Morgan fingerprint density at radius 2 is 1.97 bits per heavy atom. The monoisotopic (exact) mass is 556 g/mol. The fourth-order valence-corrected chi connectivity index (χ4v) is 6.08. The van der Waals surface area contributed by atoms with Gasteiger partial charge in [-0.05, 0) is 37.8 Å². The highest BCUT2D eigenvalue weighted by Gasteiger charge is 2.36. The van der Waals surface area contributed by atoms with E-state index in [4.69, 9.17) is 4.74 Å². The Bertz CT molecular complexity index is 1120. The van der Waals surface area contributed by atoms with Crippen molar-refractivity contribution in [2.24, 2.45) is 0 Å². The fourth-order valence-electron chi connectivity index (χ4n) is 4.04. The lowest BCUT2D eigenvalue weighted by atomic mass is 10.1. The first-order valence-corrected chi connectivity index (χ1v) is 14.3. The van der Waals surface area contributed by atoms with Crippen LogP contribution in [0.15, 0.2) is 64.3 Å². The number of esters is 1. The number of thioether (sulfide) groups is 1. The van der Waals surface area contributed by atoms with Gasteiger partial charge in [-0.2, -0.15) is 4.39 Å². The molecule has 0 spiro atoms. The summed E-state index contributed by atoms with van der Waals surface area (Å²) in [6.07, 6.45) is 2.02. The van der Waals surface area contributed by atoms with Crippen LogP contribution in [0.3, 0.4) is 0 Å². The molecule has 0 saturated heterocycles. The molecular formula is C26H31F3N2O4S2. The number of nitrogens with zero attached hydrogens (tertiary/aromatic N) is 2. The fraction of sp³-hybridized carbons (Fsp3) is 0.423. The number of rotatable bonds is 11. The largest absolute Gasteiger partial charge is 0.461 e. The van der Waals surface area contributed by atoms with Crippen LogP contribution < -0.4 is 9.64 Å². The van der Waals surface area contributed by atoms with Crippen molar-refractivity contribution in [1.29, 1.82) is 0 Å². The van der Waals surface area contributed by atoms with E-state index in [9.17, 15) is 22.2 Å². The molecule has 6 nitrogen and oxygen atoms in total. The molecule has 0 aliphatic carbocycles. The Balaban J connectivity index is 2.14. The summed E-state index contributed by atoms with van der Waals surface area (Å²) in [6.45, 7) is 3.29. The molecule has 1 aliphatic heterocycles. The molecule has 0 N–H and O–H groups in total. The SMILES string of the molecule is CCCCC1CN(c2ccccc2)c2cc(SC)c(O/C=C(\F)C(=O)OCC)cc2S(=O)N1CC(F)F. The van der Waals surface area contributed by atoms with E-state index in [1.165, 1.54) is 22.1 Å². The number of halogens is 3. The second kappa shape index (κ2) is 13.9. The van der Waals surface area contributed by atoms with Crippen molar-refractivity contribution in [3.63, 3.8) is 0 Å². The zero-order chi connectivity index (χ0) is 26.9. The lowest BCUT2D eigenvalue weighted by Gasteiger charge is -2.31. The van der Waals surface area contributed by atoms with Gasteiger partial charge >= 0.3 is 5.97 Å². The van der Waals surface area contributed by atoms with Gasteiger partial charge in [0.1, 0.15) is 23.0 Å². The number of hydrogen-bond acceptors (Lipinski definition) is 6. The molecule has 1 aliphatic rings. The maximum Gasteiger partial charge on any atom is 0.370 e. The van der Waals surface area contributed by atoms with E-state index in [2.05, 4.69) is 4.74 Å². The molecule has 0 saturated carbocycles. The number of carbonyl (C=O) groups is 1. The van der Waals surface area contributed by atoms with Crippen LogP contribution in [-0.4, -0.2) is 52.9 Å². The third kappa shape index (κ3) is 7.30. The van der Waals surface area contributed by atoms with Gasteiger partial charge in [0, 0.05) is 24.3 Å². The predicted octanol–water partition coefficient (Wildman–Crippen LogP) is 6.46. The van der Waals surface area contributed by atoms with Crippen LogP contribution in [0.1, 0.15) is 33.1 Å². The van der Waals surface area contributed by atoms with Crippen LogP contribution in [0.25, 0.3) is 0 Å². The molecule has 2 aromatic rings. The van der Waals surface area contributed by atoms with E-state index in [-0.39, 0.29) is 17.3 Å². The van der Waals surface area contributed by atoms with Crippen LogP contribution in [0.4, 0.5) is 24.5 Å². The van der Waals surface area contributed by atoms with Crippen LogP contribution in [0.5, 0.6) is 5.75 Å². The Morgan fingerprint density at radius 3 is 2.59 bits per heavy atom. The van der Waals surface area contributed by atoms with Gasteiger partial charge in [0.15, 0.2) is 0 Å². The van der Waals surface area contributed by atoms with E-state index in [0.717, 1.165) is 18.5 Å². The molecule has 3 rings (SSSR count). The molecule has 0 aromatic heterocycles. The number of ether oxygens (including phenoxy) is 2. The molecule has 2 aromatic carbocycles. The van der Waals surface area contributed by atoms with Crippen molar-refractivity contribution < 1.29 is 31.6 Å². The first-order chi connectivity index (χ1) is 17.8. The number of unbranched alkanes of at least 4 members (excludes halogenated alkanes) is 1. The maximum atomic E-state index is 14.1. The van der Waals surface area contributed by atoms with E-state index < -0.39 is 41.8 Å². The average molecular weight is 557 g/mol. The van der Waals surface area contributed by atoms with Gasteiger partial charge in [0.05, 0.1) is 28.6 Å². The molecule has 202 valence electrons. The zero-order valence-corrected chi connectivity index (χ0v) is 22.6. The first kappa shape index (κ1) is 29.1. The van der Waals surface area contributed by atoms with Gasteiger partial charge in [0.25, 0.3) is 6.43 Å². The standard InChI is InChI=1S/C26H31F3N2O4S2/c1-4-6-10-19-15-30(18-11-8-7-9-12-18)21-13-23(36-3)22(35-17-20(27)26(32)34-5-2)14-24(21)37(33)31(19)16-25(28)29/h7-9,11-14,17,19,25H,4-6,10,15-16H2,1-3H3/b20-17-. The van der Waals surface area contributed by atoms with Crippen molar-refractivity contribution in [2.45, 2.75) is 55.4 Å². The molecule has 2 unspecified atom stereocenters. The Kier molecular flexibility index (Phi) is 10.9. The van der Waals surface area contributed by atoms with Gasteiger partial charge in [0.2, 0.25) is 5.83 Å². The summed E-state index contributed by atoms with van der Waals surface area (Å²) in [5.41, 5.74) is 1.42. The second-order valence-electron chi connectivity index (χ2n) is 8.26. The van der Waals surface area contributed by atoms with Gasteiger partial charge in [-0.1, -0.05) is 38.0 Å². The average Bonchev–Trinajstić information content (AvgIpc) is 3.00. The number of anilines is 2. The summed E-state index contributed by atoms with van der Waals surface area (Å²) < 4.78 is 66.8. The minimum Gasteiger partial charge on any atom is -0.461 e. The summed E-state index contributed by atoms with van der Waals surface area (Å²) in [5.74, 6) is -2.24. The van der Waals surface area contributed by atoms with Crippen LogP contribution in [0.2, 0.25) is 0 Å². The topological polar surface area (TPSA) is 59.1 Å². The number of hydrogen-bond donors (Lipinski definition) is 0. The highest BCUT2D eigenvalue weighted by Crippen LogP contribution is 2.43. The van der Waals surface area contributed by atoms with Gasteiger partial charge in [-0.3, -0.25) is 0 Å². The zero-order valence-electron chi connectivity index (χ0n) is 21.0. The summed E-state index contributed by atoms with van der Waals surface area (Å²) in [5, 5.41) is 0. The highest BCUT2D eigenvalue weighted by molar-refractivity contribution is 7.98. The van der Waals surface area contributed by atoms with Crippen molar-refractivity contribution in [1.82, 2.24) is 4.31 Å². The summed E-state index contributed by atoms with van der Waals surface area (Å²) >= 11 is 1.32. The highest BCUT2D eigenvalue weighted by atomic mass is 32.2. The van der Waals surface area contributed by atoms with Crippen molar-refractivity contribution in [2.75, 3.05) is 30.9 Å². The summed E-state index contributed by atoms with van der Waals surface area (Å²) in [7, 11) is -1.95. The van der Waals surface area contributed by atoms with E-state index in [0.29, 0.717) is 29.8 Å². The normalized spacial score (nSPS) is 18.5. The van der Waals surface area contributed by atoms with Crippen LogP contribution >= 0.6 is 11.8 Å². The Morgan fingerprint density at radius 1 is 1.24 bits per heavy atom. The summed E-state index contributed by atoms with van der Waals surface area (Å²) in [6, 6.07) is 12.3. The quantitative estimate of drug-likeness (QED) is 0.137. The molecular weight excluding hydrogens is 525 g/mol. The van der Waals surface area contributed by atoms with Crippen molar-refractivity contribution >= 4 is 40.1 Å². The third-order valence-electron chi connectivity index (χ3n) is 5.77. The smallest absolute Gasteiger partial charge is 0.370 e. The molecule has 0 bridgehead atoms. The van der Waals surface area contributed by atoms with E-state index >= 15 is 0 Å².